The number of nitrogens with two attached hydrogens (primary N) is 1. The summed E-state index contributed by atoms with van der Waals surface area (Å²) < 4.78 is 0. The number of nitrogen functional groups attached to an aromatic ring is 1. The largest absolute Gasteiger partial charge is 0.394 e. The Kier molecular flexibility index (Phi) is 5.14. The molecule has 14 heavy (non-hydrogen) atoms. The maximum Gasteiger partial charge on any atom is 0.152 e. The van der Waals surface area contributed by atoms with E-state index in [0.717, 1.165) is 18.8 Å². The number of thioether (sulfide) groups is 1. The van der Waals surface area contributed by atoms with Gasteiger partial charge in [-0.3, -0.25) is 0 Å². The van der Waals surface area contributed by atoms with Crippen molar-refractivity contribution < 1.29 is 0 Å². The van der Waals surface area contributed by atoms with Crippen molar-refractivity contribution in [3.8, 4) is 0 Å². The van der Waals surface area contributed by atoms with Crippen molar-refractivity contribution in [3.63, 3.8) is 0 Å². The van der Waals surface area contributed by atoms with Crippen LogP contribution in [-0.4, -0.2) is 28.5 Å². The van der Waals surface area contributed by atoms with Crippen LogP contribution in [-0.2, 0) is 0 Å². The Bertz CT molecular complexity index is 267. The third kappa shape index (κ3) is 3.83. The molecule has 1 aromatic heterocycles. The average Bonchev–Trinajstić information content (AvgIpc) is 2.20. The highest BCUT2D eigenvalue weighted by Crippen LogP contribution is 2.11. The van der Waals surface area contributed by atoms with Crippen LogP contribution in [0.15, 0.2) is 12.5 Å². The van der Waals surface area contributed by atoms with Crippen molar-refractivity contribution in [3.05, 3.63) is 12.5 Å². The lowest BCUT2D eigenvalue weighted by Gasteiger charge is -2.06. The summed E-state index contributed by atoms with van der Waals surface area (Å²) in [6, 6.07) is 0. The third-order valence-corrected chi connectivity index (χ3v) is 2.51. The number of nitrogens with zero attached hydrogens (tertiary/aromatic N) is 2. The monoisotopic (exact) mass is 212 g/mol. The van der Waals surface area contributed by atoms with Gasteiger partial charge in [-0.2, -0.15) is 11.8 Å². The van der Waals surface area contributed by atoms with Crippen LogP contribution in [0.2, 0.25) is 0 Å². The van der Waals surface area contributed by atoms with Crippen LogP contribution in [0.25, 0.3) is 0 Å². The van der Waals surface area contributed by atoms with Crippen LogP contribution < -0.4 is 11.1 Å². The Morgan fingerprint density at radius 2 is 2.36 bits per heavy atom. The van der Waals surface area contributed by atoms with Crippen LogP contribution in [0.3, 0.4) is 0 Å². The fourth-order valence-corrected chi connectivity index (χ4v) is 1.56. The Hall–Kier alpha value is -0.970. The molecule has 0 unspecified atom stereocenters. The smallest absolute Gasteiger partial charge is 0.152 e. The molecule has 1 heterocycles. The van der Waals surface area contributed by atoms with Crippen LogP contribution in [0.5, 0.6) is 0 Å². The lowest BCUT2D eigenvalue weighted by atomic mass is 10.3. The SMILES string of the molecule is CSCCCCNc1ncncc1N. The van der Waals surface area contributed by atoms with Gasteiger partial charge in [0.25, 0.3) is 0 Å². The van der Waals surface area contributed by atoms with Crippen molar-refractivity contribution in [2.45, 2.75) is 12.8 Å². The van der Waals surface area contributed by atoms with Gasteiger partial charge in [0, 0.05) is 6.54 Å². The van der Waals surface area contributed by atoms with Crippen molar-refractivity contribution in [1.29, 1.82) is 0 Å². The second-order valence-corrected chi connectivity index (χ2v) is 3.94. The quantitative estimate of drug-likeness (QED) is 0.701. The standard InChI is InChI=1S/C9H16N4S/c1-14-5-3-2-4-12-9-8(10)6-11-7-13-9/h6-7H,2-5,10H2,1H3,(H,11,12,13). The van der Waals surface area contributed by atoms with Gasteiger partial charge in [-0.05, 0) is 24.9 Å². The molecule has 0 fully saturated rings. The summed E-state index contributed by atoms with van der Waals surface area (Å²) in [7, 11) is 0. The highest BCUT2D eigenvalue weighted by atomic mass is 32.2. The highest BCUT2D eigenvalue weighted by Gasteiger charge is 1.97. The van der Waals surface area contributed by atoms with E-state index in [0.29, 0.717) is 5.69 Å². The molecule has 3 N–H and O–H groups in total. The highest BCUT2D eigenvalue weighted by molar-refractivity contribution is 7.98. The van der Waals surface area contributed by atoms with Crippen molar-refractivity contribution in [2.24, 2.45) is 0 Å². The summed E-state index contributed by atoms with van der Waals surface area (Å²) in [4.78, 5) is 7.87. The number of unbranched alkanes of at least 4 members (excludes halogenated alkanes) is 1. The second-order valence-electron chi connectivity index (χ2n) is 2.95. The zero-order chi connectivity index (χ0) is 10.2. The van der Waals surface area contributed by atoms with Crippen LogP contribution in [0.4, 0.5) is 11.5 Å². The topological polar surface area (TPSA) is 63.8 Å². The predicted octanol–water partition coefficient (Wildman–Crippen LogP) is 1.61. The molecule has 0 aliphatic rings. The molecule has 0 aliphatic heterocycles. The second kappa shape index (κ2) is 6.48. The van der Waals surface area contributed by atoms with Crippen molar-refractivity contribution in [2.75, 3.05) is 29.6 Å². The normalized spacial score (nSPS) is 10.1. The number of anilines is 2. The van der Waals surface area contributed by atoms with E-state index in [1.807, 2.05) is 11.8 Å². The number of rotatable bonds is 6. The Labute approximate surface area is 88.7 Å². The summed E-state index contributed by atoms with van der Waals surface area (Å²) in [5.74, 6) is 1.95. The van der Waals surface area contributed by atoms with E-state index < -0.39 is 0 Å². The minimum absolute atomic E-state index is 0.609. The molecule has 0 aromatic carbocycles. The molecule has 0 bridgehead atoms. The third-order valence-electron chi connectivity index (χ3n) is 1.81. The molecule has 0 aliphatic carbocycles. The van der Waals surface area contributed by atoms with Gasteiger partial charge in [0.05, 0.1) is 11.9 Å². The molecule has 5 heteroatoms. The predicted molar refractivity (Wildman–Crippen MR) is 62.6 cm³/mol. The van der Waals surface area contributed by atoms with Crippen molar-refractivity contribution >= 4 is 23.3 Å². The Morgan fingerprint density at radius 1 is 1.50 bits per heavy atom. The molecule has 1 rings (SSSR count). The minimum atomic E-state index is 0.609. The maximum absolute atomic E-state index is 5.67. The zero-order valence-electron chi connectivity index (χ0n) is 8.36. The number of hydrogen-bond acceptors (Lipinski definition) is 5. The van der Waals surface area contributed by atoms with Gasteiger partial charge in [0.15, 0.2) is 5.82 Å². The van der Waals surface area contributed by atoms with E-state index in [4.69, 9.17) is 5.73 Å². The van der Waals surface area contributed by atoms with Crippen LogP contribution >= 0.6 is 11.8 Å². The number of hydrogen-bond donors (Lipinski definition) is 2. The van der Waals surface area contributed by atoms with E-state index in [-0.39, 0.29) is 0 Å². The molecule has 4 nitrogen and oxygen atoms in total. The van der Waals surface area contributed by atoms with Gasteiger partial charge in [0.1, 0.15) is 6.33 Å². The molecule has 0 spiro atoms. The minimum Gasteiger partial charge on any atom is -0.394 e. The Morgan fingerprint density at radius 3 is 3.07 bits per heavy atom. The zero-order valence-corrected chi connectivity index (χ0v) is 9.18. The van der Waals surface area contributed by atoms with E-state index in [2.05, 4.69) is 21.5 Å². The Balaban J connectivity index is 2.21. The molecule has 0 saturated carbocycles. The van der Waals surface area contributed by atoms with E-state index in [1.54, 1.807) is 6.20 Å². The lowest BCUT2D eigenvalue weighted by molar-refractivity contribution is 0.839. The summed E-state index contributed by atoms with van der Waals surface area (Å²) in [6.07, 6.45) is 7.59. The summed E-state index contributed by atoms with van der Waals surface area (Å²) in [5, 5.41) is 3.19. The molecule has 0 atom stereocenters. The summed E-state index contributed by atoms with van der Waals surface area (Å²) in [5.41, 5.74) is 6.28. The molecular formula is C9H16N4S. The van der Waals surface area contributed by atoms with Gasteiger partial charge in [-0.25, -0.2) is 9.97 Å². The first-order chi connectivity index (χ1) is 6.84. The average molecular weight is 212 g/mol. The molecule has 1 aromatic rings. The van der Waals surface area contributed by atoms with Gasteiger partial charge >= 0.3 is 0 Å². The van der Waals surface area contributed by atoms with Crippen molar-refractivity contribution in [1.82, 2.24) is 9.97 Å². The molecular weight excluding hydrogens is 196 g/mol. The first-order valence-corrected chi connectivity index (χ1v) is 6.02. The fraction of sp³-hybridized carbons (Fsp3) is 0.556. The molecule has 0 radical (unpaired) electrons. The van der Waals surface area contributed by atoms with E-state index in [9.17, 15) is 0 Å². The van der Waals surface area contributed by atoms with E-state index in [1.165, 1.54) is 18.5 Å². The van der Waals surface area contributed by atoms with Crippen LogP contribution in [0.1, 0.15) is 12.8 Å². The summed E-state index contributed by atoms with van der Waals surface area (Å²) >= 11 is 1.87. The van der Waals surface area contributed by atoms with Gasteiger partial charge in [-0.1, -0.05) is 0 Å². The first kappa shape index (κ1) is 11.1. The number of nitrogens with one attached hydrogen (secondary N) is 1. The molecule has 0 saturated heterocycles. The van der Waals surface area contributed by atoms with Gasteiger partial charge < -0.3 is 11.1 Å². The maximum atomic E-state index is 5.67. The number of aromatic nitrogens is 2. The molecule has 0 amide bonds. The fourth-order valence-electron chi connectivity index (χ4n) is 1.07. The van der Waals surface area contributed by atoms with Gasteiger partial charge in [0.2, 0.25) is 0 Å². The summed E-state index contributed by atoms with van der Waals surface area (Å²) in [6.45, 7) is 0.918. The lowest BCUT2D eigenvalue weighted by Crippen LogP contribution is -2.06. The van der Waals surface area contributed by atoms with Gasteiger partial charge in [-0.15, -0.1) is 0 Å². The first-order valence-electron chi connectivity index (χ1n) is 4.63. The molecule has 78 valence electrons. The van der Waals surface area contributed by atoms with E-state index >= 15 is 0 Å². The van der Waals surface area contributed by atoms with Crippen LogP contribution in [0, 0.1) is 0 Å².